The number of benzene rings is 2. The van der Waals surface area contributed by atoms with Crippen LogP contribution in [0, 0.1) is 13.8 Å². The van der Waals surface area contributed by atoms with E-state index in [4.69, 9.17) is 9.47 Å². The van der Waals surface area contributed by atoms with Gasteiger partial charge in [-0.1, -0.05) is 12.1 Å². The summed E-state index contributed by atoms with van der Waals surface area (Å²) in [5.41, 5.74) is 4.52. The van der Waals surface area contributed by atoms with E-state index >= 15 is 0 Å². The van der Waals surface area contributed by atoms with Crippen molar-refractivity contribution in [1.82, 2.24) is 9.88 Å². The molecule has 1 aromatic heterocycles. The lowest BCUT2D eigenvalue weighted by molar-refractivity contribution is -0.129. The minimum absolute atomic E-state index is 0.342. The summed E-state index contributed by atoms with van der Waals surface area (Å²) in [7, 11) is 1.60. The van der Waals surface area contributed by atoms with Crippen molar-refractivity contribution in [2.75, 3.05) is 7.11 Å². The summed E-state index contributed by atoms with van der Waals surface area (Å²) in [5.74, 6) is -0.135. The highest BCUT2D eigenvalue weighted by Crippen LogP contribution is 2.17. The highest BCUT2D eigenvalue weighted by molar-refractivity contribution is 5.92. The minimum atomic E-state index is -0.899. The van der Waals surface area contributed by atoms with Crippen LogP contribution in [0.3, 0.4) is 0 Å². The van der Waals surface area contributed by atoms with Gasteiger partial charge in [-0.2, -0.15) is 0 Å². The quantitative estimate of drug-likeness (QED) is 0.603. The van der Waals surface area contributed by atoms with Crippen molar-refractivity contribution < 1.29 is 19.1 Å². The highest BCUT2D eigenvalue weighted by Gasteiger charge is 2.19. The normalized spacial score (nSPS) is 11.6. The molecule has 1 atom stereocenters. The van der Waals surface area contributed by atoms with Gasteiger partial charge in [-0.05, 0) is 74.9 Å². The Morgan fingerprint density at radius 2 is 1.53 bits per heavy atom. The van der Waals surface area contributed by atoms with E-state index in [0.717, 1.165) is 28.4 Å². The molecule has 0 radical (unpaired) electrons. The monoisotopic (exact) mass is 406 g/mol. The van der Waals surface area contributed by atoms with E-state index < -0.39 is 12.1 Å². The van der Waals surface area contributed by atoms with Crippen molar-refractivity contribution in [3.05, 3.63) is 83.2 Å². The van der Waals surface area contributed by atoms with Crippen LogP contribution < -0.4 is 10.1 Å². The molecule has 1 amide bonds. The van der Waals surface area contributed by atoms with E-state index in [1.165, 1.54) is 0 Å². The zero-order valence-corrected chi connectivity index (χ0v) is 17.6. The second-order valence-electron chi connectivity index (χ2n) is 7.11. The number of hydrogen-bond donors (Lipinski definition) is 1. The molecular weight excluding hydrogens is 380 g/mol. The summed E-state index contributed by atoms with van der Waals surface area (Å²) >= 11 is 0. The predicted octanol–water partition coefficient (Wildman–Crippen LogP) is 3.96. The molecule has 2 aromatic carbocycles. The molecule has 0 unspecified atom stereocenters. The van der Waals surface area contributed by atoms with Crippen molar-refractivity contribution in [3.63, 3.8) is 0 Å². The van der Waals surface area contributed by atoms with Gasteiger partial charge >= 0.3 is 5.97 Å². The molecule has 0 aliphatic carbocycles. The first-order chi connectivity index (χ1) is 14.4. The molecule has 3 aromatic rings. The smallest absolute Gasteiger partial charge is 0.338 e. The number of ether oxygens (including phenoxy) is 2. The number of amides is 1. The number of aryl methyl sites for hydroxylation is 2. The van der Waals surface area contributed by atoms with Crippen LogP contribution in [0.4, 0.5) is 0 Å². The van der Waals surface area contributed by atoms with Crippen molar-refractivity contribution in [2.24, 2.45) is 0 Å². The van der Waals surface area contributed by atoms with E-state index in [9.17, 15) is 9.59 Å². The Bertz CT molecular complexity index is 1000. The summed E-state index contributed by atoms with van der Waals surface area (Å²) < 4.78 is 12.5. The van der Waals surface area contributed by atoms with Crippen molar-refractivity contribution >= 4 is 11.9 Å². The number of nitrogens with one attached hydrogen (secondary N) is 1. The third-order valence-corrected chi connectivity index (χ3v) is 4.91. The molecule has 0 saturated carbocycles. The molecule has 30 heavy (non-hydrogen) atoms. The maximum Gasteiger partial charge on any atom is 0.338 e. The Morgan fingerprint density at radius 3 is 2.10 bits per heavy atom. The molecule has 1 N–H and O–H groups in total. The molecule has 0 spiro atoms. The first-order valence-electron chi connectivity index (χ1n) is 9.76. The molecule has 156 valence electrons. The average Bonchev–Trinajstić information content (AvgIpc) is 3.10. The van der Waals surface area contributed by atoms with Crippen LogP contribution in [0.5, 0.6) is 5.75 Å². The number of methoxy groups -OCH3 is 1. The maximum atomic E-state index is 12.4. The van der Waals surface area contributed by atoms with Crippen molar-refractivity contribution in [2.45, 2.75) is 33.4 Å². The second-order valence-corrected chi connectivity index (χ2v) is 7.11. The summed E-state index contributed by atoms with van der Waals surface area (Å²) in [6.07, 6.45) is -0.899. The van der Waals surface area contributed by atoms with Gasteiger partial charge in [0.25, 0.3) is 5.91 Å². The van der Waals surface area contributed by atoms with E-state index in [0.29, 0.717) is 12.1 Å². The van der Waals surface area contributed by atoms with Gasteiger partial charge in [0.2, 0.25) is 0 Å². The average molecular weight is 406 g/mol. The Labute approximate surface area is 176 Å². The van der Waals surface area contributed by atoms with Crippen LogP contribution in [0.25, 0.3) is 5.69 Å². The van der Waals surface area contributed by atoms with Crippen molar-refractivity contribution in [3.8, 4) is 11.4 Å². The van der Waals surface area contributed by atoms with Gasteiger partial charge in [0.1, 0.15) is 5.75 Å². The lowest BCUT2D eigenvalue weighted by Crippen LogP contribution is -2.35. The number of aromatic nitrogens is 1. The van der Waals surface area contributed by atoms with Gasteiger partial charge in [0, 0.05) is 23.6 Å². The molecule has 1 heterocycles. The number of carbonyl (C=O) groups excluding carboxylic acids is 2. The maximum absolute atomic E-state index is 12.4. The molecule has 6 nitrogen and oxygen atoms in total. The largest absolute Gasteiger partial charge is 0.497 e. The topological polar surface area (TPSA) is 69.6 Å². The predicted molar refractivity (Wildman–Crippen MR) is 115 cm³/mol. The molecule has 0 aliphatic rings. The standard InChI is InChI=1S/C24H26N2O4/c1-16-5-6-17(2)26(16)21-11-9-20(10-12-21)24(28)30-18(3)23(27)25-15-19-7-13-22(29-4)14-8-19/h5-14,18H,15H2,1-4H3,(H,25,27)/t18-/m1/s1. The Kier molecular flexibility index (Phi) is 6.57. The fraction of sp³-hybridized carbons (Fsp3) is 0.250. The lowest BCUT2D eigenvalue weighted by Gasteiger charge is -2.14. The van der Waals surface area contributed by atoms with Crippen LogP contribution in [0.1, 0.15) is 34.2 Å². The van der Waals surface area contributed by atoms with Crippen molar-refractivity contribution in [1.29, 1.82) is 0 Å². The molecule has 0 fully saturated rings. The molecular formula is C24H26N2O4. The van der Waals surface area contributed by atoms with Crippen LogP contribution in [-0.2, 0) is 16.1 Å². The van der Waals surface area contributed by atoms with Gasteiger partial charge in [-0.25, -0.2) is 4.79 Å². The number of nitrogens with zero attached hydrogens (tertiary/aromatic N) is 1. The zero-order chi connectivity index (χ0) is 21.7. The van der Waals surface area contributed by atoms with E-state index in [1.54, 1.807) is 26.2 Å². The van der Waals surface area contributed by atoms with E-state index in [2.05, 4.69) is 9.88 Å². The Morgan fingerprint density at radius 1 is 0.933 bits per heavy atom. The number of rotatable bonds is 7. The zero-order valence-electron chi connectivity index (χ0n) is 17.6. The number of hydrogen-bond acceptors (Lipinski definition) is 4. The number of esters is 1. The Hall–Kier alpha value is -3.54. The fourth-order valence-corrected chi connectivity index (χ4v) is 3.18. The van der Waals surface area contributed by atoms with Crippen LogP contribution in [0.2, 0.25) is 0 Å². The van der Waals surface area contributed by atoms with Gasteiger partial charge in [0.15, 0.2) is 6.10 Å². The van der Waals surface area contributed by atoms with Crippen LogP contribution in [0.15, 0.2) is 60.7 Å². The minimum Gasteiger partial charge on any atom is -0.497 e. The number of carbonyl (C=O) groups is 2. The SMILES string of the molecule is COc1ccc(CNC(=O)[C@@H](C)OC(=O)c2ccc(-n3c(C)ccc3C)cc2)cc1. The first-order valence-corrected chi connectivity index (χ1v) is 9.76. The molecule has 0 aliphatic heterocycles. The van der Waals surface area contributed by atoms with Crippen LogP contribution >= 0.6 is 0 Å². The van der Waals surface area contributed by atoms with Gasteiger partial charge in [0.05, 0.1) is 12.7 Å². The third kappa shape index (κ3) is 4.89. The lowest BCUT2D eigenvalue weighted by atomic mass is 10.2. The second kappa shape index (κ2) is 9.31. The summed E-state index contributed by atoms with van der Waals surface area (Å²) in [6, 6.07) is 18.6. The van der Waals surface area contributed by atoms with Gasteiger partial charge in [-0.3, -0.25) is 4.79 Å². The first kappa shape index (κ1) is 21.2. The highest BCUT2D eigenvalue weighted by atomic mass is 16.5. The molecule has 0 saturated heterocycles. The van der Waals surface area contributed by atoms with Gasteiger partial charge < -0.3 is 19.4 Å². The fourth-order valence-electron chi connectivity index (χ4n) is 3.18. The Balaban J connectivity index is 1.56. The third-order valence-electron chi connectivity index (χ3n) is 4.91. The molecule has 0 bridgehead atoms. The van der Waals surface area contributed by atoms with Crippen LogP contribution in [-0.4, -0.2) is 29.7 Å². The summed E-state index contributed by atoms with van der Waals surface area (Å²) in [4.78, 5) is 24.7. The summed E-state index contributed by atoms with van der Waals surface area (Å²) in [5, 5.41) is 2.77. The van der Waals surface area contributed by atoms with Gasteiger partial charge in [-0.15, -0.1) is 0 Å². The van der Waals surface area contributed by atoms with E-state index in [-0.39, 0.29) is 5.91 Å². The van der Waals surface area contributed by atoms with E-state index in [1.807, 2.05) is 62.4 Å². The molecule has 6 heteroatoms. The molecule has 3 rings (SSSR count). The summed E-state index contributed by atoms with van der Waals surface area (Å²) in [6.45, 7) is 5.96.